The molecular formula is C15H17FN2O2S. The molecule has 21 heavy (non-hydrogen) atoms. The summed E-state index contributed by atoms with van der Waals surface area (Å²) in [7, 11) is -4.01. The maximum absolute atomic E-state index is 13.9. The lowest BCUT2D eigenvalue weighted by Gasteiger charge is -2.11. The van der Waals surface area contributed by atoms with Gasteiger partial charge in [-0.15, -0.1) is 0 Å². The normalized spacial score (nSPS) is 11.4. The predicted octanol–water partition coefficient (Wildman–Crippen LogP) is 3.08. The molecule has 3 N–H and O–H groups in total. The number of nitrogens with two attached hydrogens (primary N) is 1. The third-order valence-corrected chi connectivity index (χ3v) is 4.62. The Bertz CT molecular complexity index is 756. The molecule has 0 radical (unpaired) electrons. The van der Waals surface area contributed by atoms with E-state index in [0.29, 0.717) is 11.3 Å². The maximum Gasteiger partial charge on any atom is 0.264 e. The van der Waals surface area contributed by atoms with Gasteiger partial charge in [-0.2, -0.15) is 0 Å². The van der Waals surface area contributed by atoms with Crippen LogP contribution in [0.15, 0.2) is 41.3 Å². The van der Waals surface area contributed by atoms with Crippen molar-refractivity contribution < 1.29 is 12.8 Å². The molecule has 0 aromatic heterocycles. The Balaban J connectivity index is 2.35. The summed E-state index contributed by atoms with van der Waals surface area (Å²) in [4.78, 5) is -0.454. The van der Waals surface area contributed by atoms with Gasteiger partial charge in [-0.25, -0.2) is 12.8 Å². The Morgan fingerprint density at radius 2 is 1.81 bits per heavy atom. The van der Waals surface area contributed by atoms with E-state index < -0.39 is 20.7 Å². The highest BCUT2D eigenvalue weighted by atomic mass is 32.2. The first kappa shape index (κ1) is 15.3. The average Bonchev–Trinajstić information content (AvgIpc) is 2.43. The van der Waals surface area contributed by atoms with Crippen LogP contribution in [0.3, 0.4) is 0 Å². The van der Waals surface area contributed by atoms with Crippen LogP contribution in [0.4, 0.5) is 15.8 Å². The fraction of sp³-hybridized carbons (Fsp3) is 0.200. The standard InChI is InChI=1S/C15H17FN2O2S/c1-3-11-4-6-12(7-5-11)18-21(19,20)15-9-14(17)10(2)8-13(15)16/h4-9,18H,3,17H2,1-2H3. The van der Waals surface area contributed by atoms with Gasteiger partial charge in [0.25, 0.3) is 10.0 Å². The molecule has 2 aromatic carbocycles. The first-order valence-corrected chi connectivity index (χ1v) is 7.99. The third kappa shape index (κ3) is 3.33. The van der Waals surface area contributed by atoms with Gasteiger partial charge >= 0.3 is 0 Å². The second-order valence-corrected chi connectivity index (χ2v) is 6.45. The molecule has 0 fully saturated rings. The van der Waals surface area contributed by atoms with Crippen molar-refractivity contribution in [2.45, 2.75) is 25.2 Å². The van der Waals surface area contributed by atoms with Gasteiger partial charge in [0, 0.05) is 11.4 Å². The fourth-order valence-electron chi connectivity index (χ4n) is 1.89. The summed E-state index contributed by atoms with van der Waals surface area (Å²) in [6.07, 6.45) is 0.857. The van der Waals surface area contributed by atoms with Gasteiger partial charge in [0.15, 0.2) is 0 Å². The van der Waals surface area contributed by atoms with Crippen LogP contribution in [-0.2, 0) is 16.4 Å². The third-order valence-electron chi connectivity index (χ3n) is 3.22. The number of aryl methyl sites for hydroxylation is 2. The van der Waals surface area contributed by atoms with Gasteiger partial charge in [0.05, 0.1) is 0 Å². The largest absolute Gasteiger partial charge is 0.398 e. The zero-order valence-electron chi connectivity index (χ0n) is 11.9. The first-order valence-electron chi connectivity index (χ1n) is 6.51. The van der Waals surface area contributed by atoms with Crippen LogP contribution in [0.2, 0.25) is 0 Å². The van der Waals surface area contributed by atoms with Crippen molar-refractivity contribution in [2.75, 3.05) is 10.5 Å². The molecule has 0 amide bonds. The SMILES string of the molecule is CCc1ccc(NS(=O)(=O)c2cc(N)c(C)cc2F)cc1. The lowest BCUT2D eigenvalue weighted by atomic mass is 10.2. The molecule has 0 saturated carbocycles. The lowest BCUT2D eigenvalue weighted by molar-refractivity contribution is 0.570. The predicted molar refractivity (Wildman–Crippen MR) is 82.2 cm³/mol. The Kier molecular flexibility index (Phi) is 4.18. The zero-order chi connectivity index (χ0) is 15.6. The smallest absolute Gasteiger partial charge is 0.264 e. The van der Waals surface area contributed by atoms with E-state index in [4.69, 9.17) is 5.73 Å². The van der Waals surface area contributed by atoms with Crippen LogP contribution in [0, 0.1) is 12.7 Å². The number of rotatable bonds is 4. The van der Waals surface area contributed by atoms with Crippen molar-refractivity contribution in [3.8, 4) is 0 Å². The van der Waals surface area contributed by atoms with Crippen molar-refractivity contribution in [3.63, 3.8) is 0 Å². The Morgan fingerprint density at radius 3 is 2.38 bits per heavy atom. The summed E-state index contributed by atoms with van der Waals surface area (Å²) in [5, 5.41) is 0. The van der Waals surface area contributed by atoms with E-state index in [0.717, 1.165) is 24.1 Å². The van der Waals surface area contributed by atoms with E-state index in [9.17, 15) is 12.8 Å². The Labute approximate surface area is 123 Å². The molecule has 2 aromatic rings. The Hall–Kier alpha value is -2.08. The monoisotopic (exact) mass is 308 g/mol. The van der Waals surface area contributed by atoms with Gasteiger partial charge in [-0.1, -0.05) is 19.1 Å². The summed E-state index contributed by atoms with van der Waals surface area (Å²) in [6.45, 7) is 3.62. The maximum atomic E-state index is 13.9. The molecule has 0 bridgehead atoms. The van der Waals surface area contributed by atoms with Crippen LogP contribution in [0.1, 0.15) is 18.1 Å². The average molecular weight is 308 g/mol. The summed E-state index contributed by atoms with van der Waals surface area (Å²) in [5.41, 5.74) is 7.86. The summed E-state index contributed by atoms with van der Waals surface area (Å²) in [5.74, 6) is -0.820. The summed E-state index contributed by atoms with van der Waals surface area (Å²) >= 11 is 0. The van der Waals surface area contributed by atoms with Gasteiger partial charge < -0.3 is 5.73 Å². The molecule has 0 unspecified atom stereocenters. The first-order chi connectivity index (χ1) is 9.83. The minimum absolute atomic E-state index is 0.234. The highest BCUT2D eigenvalue weighted by Gasteiger charge is 2.20. The second kappa shape index (κ2) is 5.73. The van der Waals surface area contributed by atoms with Crippen LogP contribution >= 0.6 is 0 Å². The molecule has 0 aliphatic heterocycles. The van der Waals surface area contributed by atoms with Crippen molar-refractivity contribution in [1.82, 2.24) is 0 Å². The van der Waals surface area contributed by atoms with Crippen molar-refractivity contribution in [3.05, 3.63) is 53.3 Å². The molecule has 0 heterocycles. The number of hydrogen-bond acceptors (Lipinski definition) is 3. The topological polar surface area (TPSA) is 72.2 Å². The van der Waals surface area contributed by atoms with Gasteiger partial charge in [-0.3, -0.25) is 4.72 Å². The number of sulfonamides is 1. The summed E-state index contributed by atoms with van der Waals surface area (Å²) in [6, 6.07) is 9.17. The van der Waals surface area contributed by atoms with E-state index in [-0.39, 0.29) is 5.69 Å². The van der Waals surface area contributed by atoms with Crippen molar-refractivity contribution in [2.24, 2.45) is 0 Å². The van der Waals surface area contributed by atoms with E-state index in [1.807, 2.05) is 19.1 Å². The van der Waals surface area contributed by atoms with Crippen LogP contribution in [0.25, 0.3) is 0 Å². The minimum atomic E-state index is -4.01. The van der Waals surface area contributed by atoms with Crippen LogP contribution in [-0.4, -0.2) is 8.42 Å². The molecule has 0 spiro atoms. The summed E-state index contributed by atoms with van der Waals surface area (Å²) < 4.78 is 40.7. The number of hydrogen-bond donors (Lipinski definition) is 2. The molecule has 4 nitrogen and oxygen atoms in total. The van der Waals surface area contributed by atoms with Gasteiger partial charge in [0.1, 0.15) is 10.7 Å². The van der Waals surface area contributed by atoms with Crippen LogP contribution < -0.4 is 10.5 Å². The highest BCUT2D eigenvalue weighted by molar-refractivity contribution is 7.92. The van der Waals surface area contributed by atoms with Gasteiger partial charge in [0.2, 0.25) is 0 Å². The number of nitrogen functional groups attached to an aromatic ring is 1. The molecule has 2 rings (SSSR count). The zero-order valence-corrected chi connectivity index (χ0v) is 12.7. The van der Waals surface area contributed by atoms with E-state index in [1.54, 1.807) is 19.1 Å². The molecule has 6 heteroatoms. The quantitative estimate of drug-likeness (QED) is 0.853. The van der Waals surface area contributed by atoms with E-state index in [2.05, 4.69) is 4.72 Å². The molecule has 0 atom stereocenters. The number of halogens is 1. The molecule has 0 aliphatic rings. The molecule has 0 aliphatic carbocycles. The van der Waals surface area contributed by atoms with Gasteiger partial charge in [-0.05, 0) is 48.7 Å². The fourth-order valence-corrected chi connectivity index (χ4v) is 3.05. The highest BCUT2D eigenvalue weighted by Crippen LogP contribution is 2.23. The molecule has 112 valence electrons. The number of benzene rings is 2. The van der Waals surface area contributed by atoms with E-state index >= 15 is 0 Å². The minimum Gasteiger partial charge on any atom is -0.398 e. The molecule has 0 saturated heterocycles. The second-order valence-electron chi connectivity index (χ2n) is 4.80. The van der Waals surface area contributed by atoms with Crippen molar-refractivity contribution >= 4 is 21.4 Å². The molecular weight excluding hydrogens is 291 g/mol. The Morgan fingerprint density at radius 1 is 1.19 bits per heavy atom. The lowest BCUT2D eigenvalue weighted by Crippen LogP contribution is -2.15. The number of nitrogens with one attached hydrogen (secondary N) is 1. The van der Waals surface area contributed by atoms with E-state index in [1.165, 1.54) is 0 Å². The van der Waals surface area contributed by atoms with Crippen molar-refractivity contribution in [1.29, 1.82) is 0 Å². The number of anilines is 2. The van der Waals surface area contributed by atoms with Crippen LogP contribution in [0.5, 0.6) is 0 Å².